The molecule has 1 rings (SSSR count). The highest BCUT2D eigenvalue weighted by atomic mass is 16.6. The van der Waals surface area contributed by atoms with Gasteiger partial charge in [-0.3, -0.25) is 0 Å². The number of ether oxygens (including phenoxy) is 1. The highest BCUT2D eigenvalue weighted by molar-refractivity contribution is 5.73. The molecule has 18 heavy (non-hydrogen) atoms. The van der Waals surface area contributed by atoms with Crippen LogP contribution in [0.3, 0.4) is 0 Å². The van der Waals surface area contributed by atoms with E-state index in [1.165, 1.54) is 7.05 Å². The summed E-state index contributed by atoms with van der Waals surface area (Å²) in [6.45, 7) is -0.603. The van der Waals surface area contributed by atoms with Crippen LogP contribution in [0.25, 0.3) is 0 Å². The van der Waals surface area contributed by atoms with Gasteiger partial charge in [-0.05, 0) is 0 Å². The zero-order chi connectivity index (χ0) is 13.9. The van der Waals surface area contributed by atoms with Gasteiger partial charge >= 0.3 is 6.03 Å². The number of hydrogen-bond donors (Lipinski definition) is 5. The van der Waals surface area contributed by atoms with E-state index in [4.69, 9.17) is 9.84 Å². The first-order chi connectivity index (χ1) is 8.43. The zero-order valence-corrected chi connectivity index (χ0v) is 9.50. The van der Waals surface area contributed by atoms with Gasteiger partial charge in [-0.2, -0.15) is 5.43 Å². The smallest absolute Gasteiger partial charge is 0.340 e. The predicted octanol–water partition coefficient (Wildman–Crippen LogP) is -2.89. The van der Waals surface area contributed by atoms with E-state index in [0.29, 0.717) is 0 Å². The molecule has 1 heterocycles. The summed E-state index contributed by atoms with van der Waals surface area (Å²) in [6, 6.07) is -2.28. The third kappa shape index (κ3) is 2.73. The lowest BCUT2D eigenvalue weighted by Gasteiger charge is -2.43. The van der Waals surface area contributed by atoms with Gasteiger partial charge in [0, 0.05) is 7.05 Å². The van der Waals surface area contributed by atoms with Crippen molar-refractivity contribution >= 4 is 6.03 Å². The summed E-state index contributed by atoms with van der Waals surface area (Å²) in [5.41, 5.74) is 1.57. The van der Waals surface area contributed by atoms with E-state index in [9.17, 15) is 25.0 Å². The van der Waals surface area contributed by atoms with Crippen LogP contribution in [0.4, 0.5) is 4.79 Å². The van der Waals surface area contributed by atoms with Gasteiger partial charge in [0.05, 0.1) is 11.9 Å². The van der Waals surface area contributed by atoms with Crippen LogP contribution in [0.2, 0.25) is 0 Å². The van der Waals surface area contributed by atoms with Gasteiger partial charge in [0.25, 0.3) is 0 Å². The van der Waals surface area contributed by atoms with Crippen molar-refractivity contribution < 1.29 is 30.0 Å². The van der Waals surface area contributed by atoms with E-state index in [0.717, 1.165) is 4.90 Å². The molecule has 0 aromatic carbocycles. The Bertz CT molecular complexity index is 315. The van der Waals surface area contributed by atoms with Crippen molar-refractivity contribution in [2.45, 2.75) is 30.6 Å². The van der Waals surface area contributed by atoms with Crippen molar-refractivity contribution in [2.75, 3.05) is 13.7 Å². The molecule has 0 bridgehead atoms. The SMILES string of the molecule is CN(C(=O)NN=O)[C@H]1C(O)O[C@H](CO)[C@@H](O)[C@@H]1O. The Morgan fingerprint density at radius 3 is 2.50 bits per heavy atom. The molecule has 1 fully saturated rings. The molecule has 10 heteroatoms. The second kappa shape index (κ2) is 6.02. The number of hydrogen-bond acceptors (Lipinski definition) is 8. The highest BCUT2D eigenvalue weighted by Gasteiger charge is 2.46. The molecule has 1 saturated heterocycles. The van der Waals surface area contributed by atoms with Gasteiger partial charge in [-0.1, -0.05) is 0 Å². The van der Waals surface area contributed by atoms with Crippen molar-refractivity contribution in [1.82, 2.24) is 10.3 Å². The second-order valence-electron chi connectivity index (χ2n) is 3.84. The molecule has 2 amide bonds. The fourth-order valence-electron chi connectivity index (χ4n) is 1.76. The summed E-state index contributed by atoms with van der Waals surface area (Å²) in [6.07, 6.45) is -5.81. The number of amides is 2. The van der Waals surface area contributed by atoms with Crippen molar-refractivity contribution in [3.05, 3.63) is 4.91 Å². The Labute approximate surface area is 102 Å². The standard InChI is InChI=1S/C8H15N3O7/c1-11(8(16)9-10-17)4-6(14)5(13)3(2-12)18-7(4)15/h3-7,12-15H,2H2,1H3,(H,9,16,17)/t3-,4-,5-,6-,7?/m1/s1. The van der Waals surface area contributed by atoms with Gasteiger partial charge in [-0.25, -0.2) is 4.79 Å². The Morgan fingerprint density at radius 2 is 2.00 bits per heavy atom. The summed E-state index contributed by atoms with van der Waals surface area (Å²) in [5, 5.41) is 40.0. The number of rotatable bonds is 3. The third-order valence-corrected chi connectivity index (χ3v) is 2.78. The summed E-state index contributed by atoms with van der Waals surface area (Å²) in [4.78, 5) is 22.0. The summed E-state index contributed by atoms with van der Waals surface area (Å²) < 4.78 is 4.85. The molecule has 0 aliphatic carbocycles. The first-order valence-corrected chi connectivity index (χ1v) is 5.09. The van der Waals surface area contributed by atoms with E-state index in [1.54, 1.807) is 5.43 Å². The van der Waals surface area contributed by atoms with Crippen molar-refractivity contribution in [3.8, 4) is 0 Å². The van der Waals surface area contributed by atoms with E-state index in [2.05, 4.69) is 5.29 Å². The van der Waals surface area contributed by atoms with Crippen LogP contribution in [0.15, 0.2) is 5.29 Å². The average molecular weight is 265 g/mol. The number of carbonyl (C=O) groups is 1. The third-order valence-electron chi connectivity index (χ3n) is 2.78. The Morgan fingerprint density at radius 1 is 1.39 bits per heavy atom. The maximum absolute atomic E-state index is 11.3. The topological polar surface area (TPSA) is 152 Å². The van der Waals surface area contributed by atoms with Gasteiger partial charge in [0.1, 0.15) is 24.4 Å². The number of nitrogens with one attached hydrogen (secondary N) is 1. The number of urea groups is 1. The fraction of sp³-hybridized carbons (Fsp3) is 0.875. The molecule has 0 aromatic rings. The normalized spacial score (nSPS) is 35.9. The Kier molecular flexibility index (Phi) is 4.93. The first kappa shape index (κ1) is 14.7. The van der Waals surface area contributed by atoms with E-state index < -0.39 is 43.3 Å². The number of nitroso groups, excluding NO2 is 1. The number of aliphatic hydroxyl groups excluding tert-OH is 4. The van der Waals surface area contributed by atoms with E-state index in [-0.39, 0.29) is 0 Å². The molecule has 1 aliphatic rings. The molecular formula is C8H15N3O7. The lowest BCUT2D eigenvalue weighted by atomic mass is 9.96. The second-order valence-corrected chi connectivity index (χ2v) is 3.84. The van der Waals surface area contributed by atoms with Crippen LogP contribution in [-0.2, 0) is 4.74 Å². The minimum Gasteiger partial charge on any atom is -0.394 e. The molecule has 0 aromatic heterocycles. The van der Waals surface area contributed by atoms with Crippen molar-refractivity contribution in [3.63, 3.8) is 0 Å². The lowest BCUT2D eigenvalue weighted by Crippen LogP contribution is -2.65. The Hall–Kier alpha value is -1.33. The maximum atomic E-state index is 11.3. The van der Waals surface area contributed by atoms with Gasteiger partial charge < -0.3 is 30.1 Å². The average Bonchev–Trinajstić information content (AvgIpc) is 2.34. The molecule has 1 unspecified atom stereocenters. The summed E-state index contributed by atoms with van der Waals surface area (Å²) in [7, 11) is 1.17. The first-order valence-electron chi connectivity index (χ1n) is 5.09. The van der Waals surface area contributed by atoms with Crippen LogP contribution in [0.1, 0.15) is 0 Å². The minimum absolute atomic E-state index is 0.603. The van der Waals surface area contributed by atoms with E-state index >= 15 is 0 Å². The number of aliphatic hydroxyl groups is 4. The molecule has 0 radical (unpaired) electrons. The molecule has 10 nitrogen and oxygen atoms in total. The largest absolute Gasteiger partial charge is 0.394 e. The van der Waals surface area contributed by atoms with Gasteiger partial charge in [-0.15, -0.1) is 4.91 Å². The molecule has 5 N–H and O–H groups in total. The molecule has 0 spiro atoms. The minimum atomic E-state index is -1.62. The zero-order valence-electron chi connectivity index (χ0n) is 9.50. The molecule has 0 saturated carbocycles. The maximum Gasteiger partial charge on any atom is 0.340 e. The van der Waals surface area contributed by atoms with Crippen molar-refractivity contribution in [1.29, 1.82) is 0 Å². The van der Waals surface area contributed by atoms with E-state index in [1.807, 2.05) is 0 Å². The quantitative estimate of drug-likeness (QED) is 0.271. The van der Waals surface area contributed by atoms with Crippen LogP contribution in [0, 0.1) is 4.91 Å². The number of nitrogens with zero attached hydrogens (tertiary/aromatic N) is 2. The van der Waals surface area contributed by atoms with Crippen LogP contribution in [0.5, 0.6) is 0 Å². The predicted molar refractivity (Wildman–Crippen MR) is 55.9 cm³/mol. The fourth-order valence-corrected chi connectivity index (χ4v) is 1.76. The van der Waals surface area contributed by atoms with Crippen molar-refractivity contribution in [2.24, 2.45) is 5.29 Å². The van der Waals surface area contributed by atoms with Crippen LogP contribution >= 0.6 is 0 Å². The molecule has 104 valence electrons. The number of carbonyl (C=O) groups excluding carboxylic acids is 1. The van der Waals surface area contributed by atoms with Crippen LogP contribution in [-0.4, -0.2) is 75.7 Å². The van der Waals surface area contributed by atoms with Gasteiger partial charge in [0.15, 0.2) is 6.29 Å². The lowest BCUT2D eigenvalue weighted by molar-refractivity contribution is -0.265. The summed E-state index contributed by atoms with van der Waals surface area (Å²) >= 11 is 0. The van der Waals surface area contributed by atoms with Crippen LogP contribution < -0.4 is 5.43 Å². The molecule has 1 aliphatic heterocycles. The Balaban J connectivity index is 2.81. The molecular weight excluding hydrogens is 250 g/mol. The monoisotopic (exact) mass is 265 g/mol. The summed E-state index contributed by atoms with van der Waals surface area (Å²) in [5.74, 6) is 0. The number of likely N-dealkylation sites (N-methyl/N-ethyl adjacent to an activating group) is 1. The molecule has 5 atom stereocenters. The van der Waals surface area contributed by atoms with Gasteiger partial charge in [0.2, 0.25) is 0 Å². The highest BCUT2D eigenvalue weighted by Crippen LogP contribution is 2.23.